The zero-order valence-electron chi connectivity index (χ0n) is 7.27. The van der Waals surface area contributed by atoms with Crippen molar-refractivity contribution in [1.29, 1.82) is 0 Å². The summed E-state index contributed by atoms with van der Waals surface area (Å²) in [5.74, 6) is 0. The van der Waals surface area contributed by atoms with Crippen molar-refractivity contribution >= 4 is 12.2 Å². The first-order chi connectivity index (χ1) is 6.45. The zero-order chi connectivity index (χ0) is 8.93. The van der Waals surface area contributed by atoms with E-state index in [0.717, 1.165) is 0 Å². The maximum Gasteiger partial charge on any atom is 0.00781 e. The Morgan fingerprint density at radius 1 is 0.846 bits per heavy atom. The third kappa shape index (κ3) is 2.09. The topological polar surface area (TPSA) is 15.8 Å². The molecule has 1 aromatic heterocycles. The van der Waals surface area contributed by atoms with Gasteiger partial charge in [-0.05, 0) is 17.2 Å². The van der Waals surface area contributed by atoms with E-state index < -0.39 is 0 Å². The van der Waals surface area contributed by atoms with E-state index in [0.29, 0.717) is 0 Å². The van der Waals surface area contributed by atoms with Gasteiger partial charge in [0.05, 0.1) is 0 Å². The van der Waals surface area contributed by atoms with Gasteiger partial charge in [0.1, 0.15) is 0 Å². The van der Waals surface area contributed by atoms with E-state index in [9.17, 15) is 0 Å². The molecule has 0 atom stereocenters. The van der Waals surface area contributed by atoms with E-state index in [4.69, 9.17) is 0 Å². The summed E-state index contributed by atoms with van der Waals surface area (Å²) in [4.78, 5) is 3.01. The van der Waals surface area contributed by atoms with Gasteiger partial charge in [-0.2, -0.15) is 0 Å². The minimum atomic E-state index is 1.20. The van der Waals surface area contributed by atoms with Crippen LogP contribution in [0.15, 0.2) is 48.8 Å². The zero-order valence-corrected chi connectivity index (χ0v) is 7.27. The molecule has 0 saturated carbocycles. The van der Waals surface area contributed by atoms with E-state index in [1.54, 1.807) is 0 Å². The van der Waals surface area contributed by atoms with Crippen molar-refractivity contribution in [2.45, 2.75) is 0 Å². The van der Waals surface area contributed by atoms with Crippen molar-refractivity contribution < 1.29 is 0 Å². The number of hydrogen-bond acceptors (Lipinski definition) is 0. The van der Waals surface area contributed by atoms with Crippen LogP contribution in [0.3, 0.4) is 0 Å². The maximum atomic E-state index is 3.01. The van der Waals surface area contributed by atoms with Crippen molar-refractivity contribution in [3.8, 4) is 0 Å². The van der Waals surface area contributed by atoms with Gasteiger partial charge in [-0.1, -0.05) is 42.5 Å². The van der Waals surface area contributed by atoms with Gasteiger partial charge in [0.25, 0.3) is 0 Å². The molecule has 0 aliphatic carbocycles. The first kappa shape index (κ1) is 7.87. The van der Waals surface area contributed by atoms with Crippen molar-refractivity contribution in [2.75, 3.05) is 0 Å². The van der Waals surface area contributed by atoms with Crippen LogP contribution in [0.1, 0.15) is 11.1 Å². The molecule has 0 radical (unpaired) electrons. The highest BCUT2D eigenvalue weighted by Gasteiger charge is 1.85. The summed E-state index contributed by atoms with van der Waals surface area (Å²) >= 11 is 0. The quantitative estimate of drug-likeness (QED) is 0.710. The monoisotopic (exact) mass is 169 g/mol. The highest BCUT2D eigenvalue weighted by molar-refractivity contribution is 5.69. The maximum absolute atomic E-state index is 3.01. The van der Waals surface area contributed by atoms with Gasteiger partial charge < -0.3 is 4.98 Å². The summed E-state index contributed by atoms with van der Waals surface area (Å²) in [7, 11) is 0. The van der Waals surface area contributed by atoms with Crippen molar-refractivity contribution in [2.24, 2.45) is 0 Å². The van der Waals surface area contributed by atoms with E-state index in [1.165, 1.54) is 11.1 Å². The SMILES string of the molecule is C(=Cc1cc[nH]c1)c1ccccc1. The van der Waals surface area contributed by atoms with Crippen LogP contribution in [0.5, 0.6) is 0 Å². The standard InChI is InChI=1S/C12H11N/c1-2-4-11(5-3-1)6-7-12-8-9-13-10-12/h1-10,13H. The molecular formula is C12H11N. The second-order valence-electron chi connectivity index (χ2n) is 2.89. The molecule has 2 rings (SSSR count). The molecule has 0 saturated heterocycles. The fraction of sp³-hybridized carbons (Fsp3) is 0. The fourth-order valence-electron chi connectivity index (χ4n) is 1.20. The number of benzene rings is 1. The van der Waals surface area contributed by atoms with Gasteiger partial charge in [-0.3, -0.25) is 0 Å². The molecule has 0 unspecified atom stereocenters. The Hall–Kier alpha value is -1.76. The molecular weight excluding hydrogens is 158 g/mol. The smallest absolute Gasteiger partial charge is 0.00781 e. The molecule has 1 heterocycles. The normalized spacial score (nSPS) is 10.8. The second-order valence-corrected chi connectivity index (χ2v) is 2.89. The Bertz CT molecular complexity index is 371. The highest BCUT2D eigenvalue weighted by Crippen LogP contribution is 2.06. The lowest BCUT2D eigenvalue weighted by Gasteiger charge is -1.89. The van der Waals surface area contributed by atoms with Gasteiger partial charge in [-0.25, -0.2) is 0 Å². The Kier molecular flexibility index (Phi) is 2.28. The van der Waals surface area contributed by atoms with Gasteiger partial charge in [-0.15, -0.1) is 0 Å². The molecule has 0 spiro atoms. The summed E-state index contributed by atoms with van der Waals surface area (Å²) in [5.41, 5.74) is 2.42. The number of rotatable bonds is 2. The summed E-state index contributed by atoms with van der Waals surface area (Å²) in [6.07, 6.45) is 8.08. The predicted octanol–water partition coefficient (Wildman–Crippen LogP) is 3.19. The molecule has 0 aliphatic heterocycles. The summed E-state index contributed by atoms with van der Waals surface area (Å²) < 4.78 is 0. The number of aromatic amines is 1. The Labute approximate surface area is 77.7 Å². The van der Waals surface area contributed by atoms with Crippen molar-refractivity contribution in [3.05, 3.63) is 59.9 Å². The molecule has 1 N–H and O–H groups in total. The molecule has 1 aromatic carbocycles. The average Bonchev–Trinajstić information content (AvgIpc) is 2.69. The lowest BCUT2D eigenvalue weighted by Crippen LogP contribution is -1.67. The van der Waals surface area contributed by atoms with Gasteiger partial charge in [0.15, 0.2) is 0 Å². The molecule has 0 amide bonds. The molecule has 1 heteroatoms. The fourth-order valence-corrected chi connectivity index (χ4v) is 1.20. The number of hydrogen-bond donors (Lipinski definition) is 1. The number of nitrogens with one attached hydrogen (secondary N) is 1. The molecule has 13 heavy (non-hydrogen) atoms. The summed E-state index contributed by atoms with van der Waals surface area (Å²) in [6.45, 7) is 0. The van der Waals surface area contributed by atoms with Crippen LogP contribution < -0.4 is 0 Å². The number of aromatic nitrogens is 1. The Morgan fingerprint density at radius 2 is 1.62 bits per heavy atom. The minimum Gasteiger partial charge on any atom is -0.367 e. The largest absolute Gasteiger partial charge is 0.367 e. The molecule has 64 valence electrons. The predicted molar refractivity (Wildman–Crippen MR) is 56.2 cm³/mol. The Morgan fingerprint density at radius 3 is 2.31 bits per heavy atom. The number of H-pyrrole nitrogens is 1. The summed E-state index contributed by atoms with van der Waals surface area (Å²) in [6, 6.07) is 12.3. The van der Waals surface area contributed by atoms with Crippen LogP contribution in [0.4, 0.5) is 0 Å². The molecule has 0 bridgehead atoms. The molecule has 2 aromatic rings. The van der Waals surface area contributed by atoms with Crippen LogP contribution in [-0.2, 0) is 0 Å². The van der Waals surface area contributed by atoms with Gasteiger partial charge >= 0.3 is 0 Å². The van der Waals surface area contributed by atoms with Crippen LogP contribution >= 0.6 is 0 Å². The summed E-state index contributed by atoms with van der Waals surface area (Å²) in [5, 5.41) is 0. The average molecular weight is 169 g/mol. The van der Waals surface area contributed by atoms with E-state index in [-0.39, 0.29) is 0 Å². The van der Waals surface area contributed by atoms with Gasteiger partial charge in [0, 0.05) is 12.4 Å². The lowest BCUT2D eigenvalue weighted by molar-refractivity contribution is 1.41. The first-order valence-electron chi connectivity index (χ1n) is 4.31. The van der Waals surface area contributed by atoms with Crippen LogP contribution in [0.25, 0.3) is 12.2 Å². The molecule has 0 aliphatic rings. The molecule has 0 fully saturated rings. The third-order valence-corrected chi connectivity index (χ3v) is 1.89. The highest BCUT2D eigenvalue weighted by atomic mass is 14.6. The lowest BCUT2D eigenvalue weighted by atomic mass is 10.2. The van der Waals surface area contributed by atoms with E-state index >= 15 is 0 Å². The van der Waals surface area contributed by atoms with Crippen molar-refractivity contribution in [1.82, 2.24) is 4.98 Å². The van der Waals surface area contributed by atoms with Crippen molar-refractivity contribution in [3.63, 3.8) is 0 Å². The van der Waals surface area contributed by atoms with Crippen LogP contribution in [0.2, 0.25) is 0 Å². The third-order valence-electron chi connectivity index (χ3n) is 1.89. The van der Waals surface area contributed by atoms with Gasteiger partial charge in [0.2, 0.25) is 0 Å². The van der Waals surface area contributed by atoms with E-state index in [2.05, 4.69) is 29.3 Å². The van der Waals surface area contributed by atoms with E-state index in [1.807, 2.05) is 36.7 Å². The van der Waals surface area contributed by atoms with Crippen LogP contribution in [-0.4, -0.2) is 4.98 Å². The minimum absolute atomic E-state index is 1.20. The first-order valence-corrected chi connectivity index (χ1v) is 4.31. The second kappa shape index (κ2) is 3.76. The Balaban J connectivity index is 2.15. The molecule has 1 nitrogen and oxygen atoms in total. The van der Waals surface area contributed by atoms with Crippen LogP contribution in [0, 0.1) is 0 Å².